The highest BCUT2D eigenvalue weighted by atomic mass is 16.5. The predicted molar refractivity (Wildman–Crippen MR) is 132 cm³/mol. The van der Waals surface area contributed by atoms with Crippen LogP contribution in [0.5, 0.6) is 17.2 Å². The van der Waals surface area contributed by atoms with Crippen molar-refractivity contribution in [2.45, 2.75) is 19.9 Å². The molecular formula is C28H28N2O5. The Balaban J connectivity index is 1.71. The molecule has 1 aliphatic heterocycles. The van der Waals surface area contributed by atoms with Crippen molar-refractivity contribution in [3.05, 3.63) is 101 Å². The summed E-state index contributed by atoms with van der Waals surface area (Å²) in [6.07, 6.45) is 0. The molecular weight excluding hydrogens is 444 g/mol. The molecule has 0 saturated carbocycles. The second-order valence-corrected chi connectivity index (χ2v) is 8.12. The van der Waals surface area contributed by atoms with E-state index in [0.29, 0.717) is 34.1 Å². The number of carbonyl (C=O) groups excluding carboxylic acids is 2. The molecule has 0 spiro atoms. The number of nitrogens with zero attached hydrogens (tertiary/aromatic N) is 1. The normalized spacial score (nSPS) is 15.5. The van der Waals surface area contributed by atoms with Crippen molar-refractivity contribution in [3.63, 3.8) is 0 Å². The van der Waals surface area contributed by atoms with Crippen molar-refractivity contribution in [1.29, 1.82) is 0 Å². The average Bonchev–Trinajstić information content (AvgIpc) is 2.85. The lowest BCUT2D eigenvalue weighted by atomic mass is 9.94. The predicted octanol–water partition coefficient (Wildman–Crippen LogP) is 5.38. The van der Waals surface area contributed by atoms with Crippen molar-refractivity contribution in [1.82, 2.24) is 10.2 Å². The standard InChI is InChI=1S/C28H28N2O5/c1-4-33-27(31)25-24(18-34-22-14-8-10-19(2)16-22)30(3)28(32)29-26(25)20-11-9-15-23(17-20)35-21-12-6-5-7-13-21/h5-17,26H,4,18H2,1-3H3,(H,29,32)/t26-/m1/s1. The molecule has 0 fully saturated rings. The number of carbonyl (C=O) groups is 2. The molecule has 0 saturated heterocycles. The number of nitrogens with one attached hydrogen (secondary N) is 1. The third kappa shape index (κ3) is 5.63. The van der Waals surface area contributed by atoms with Gasteiger partial charge in [-0.1, -0.05) is 42.5 Å². The Morgan fingerprint density at radius 1 is 0.943 bits per heavy atom. The van der Waals surface area contributed by atoms with Gasteiger partial charge < -0.3 is 19.5 Å². The molecule has 0 radical (unpaired) electrons. The van der Waals surface area contributed by atoms with Gasteiger partial charge in [0.05, 0.1) is 23.9 Å². The summed E-state index contributed by atoms with van der Waals surface area (Å²) in [7, 11) is 1.61. The molecule has 0 bridgehead atoms. The van der Waals surface area contributed by atoms with Crippen LogP contribution in [0.2, 0.25) is 0 Å². The van der Waals surface area contributed by atoms with Crippen molar-refractivity contribution in [2.24, 2.45) is 0 Å². The van der Waals surface area contributed by atoms with Gasteiger partial charge in [-0.15, -0.1) is 0 Å². The zero-order valence-corrected chi connectivity index (χ0v) is 20.0. The van der Waals surface area contributed by atoms with Gasteiger partial charge in [0.1, 0.15) is 23.9 Å². The average molecular weight is 473 g/mol. The summed E-state index contributed by atoms with van der Waals surface area (Å²) in [6, 6.07) is 23.2. The molecule has 1 atom stereocenters. The van der Waals surface area contributed by atoms with Crippen LogP contribution >= 0.6 is 0 Å². The third-order valence-corrected chi connectivity index (χ3v) is 5.61. The number of rotatable bonds is 8. The molecule has 7 nitrogen and oxygen atoms in total. The van der Waals surface area contributed by atoms with E-state index in [0.717, 1.165) is 5.56 Å². The monoisotopic (exact) mass is 472 g/mol. The van der Waals surface area contributed by atoms with E-state index in [1.54, 1.807) is 14.0 Å². The van der Waals surface area contributed by atoms with Crippen LogP contribution in [-0.2, 0) is 9.53 Å². The summed E-state index contributed by atoms with van der Waals surface area (Å²) in [5.41, 5.74) is 2.49. The van der Waals surface area contributed by atoms with E-state index in [4.69, 9.17) is 14.2 Å². The molecule has 3 aromatic rings. The number of para-hydroxylation sites is 1. The topological polar surface area (TPSA) is 77.1 Å². The largest absolute Gasteiger partial charge is 0.487 e. The van der Waals surface area contributed by atoms with E-state index in [1.807, 2.05) is 85.8 Å². The molecule has 7 heteroatoms. The van der Waals surface area contributed by atoms with Crippen molar-refractivity contribution >= 4 is 12.0 Å². The number of urea groups is 1. The van der Waals surface area contributed by atoms with Crippen LogP contribution in [-0.4, -0.2) is 37.2 Å². The van der Waals surface area contributed by atoms with E-state index in [-0.39, 0.29) is 19.2 Å². The van der Waals surface area contributed by atoms with Gasteiger partial charge in [0, 0.05) is 7.05 Å². The molecule has 1 heterocycles. The minimum Gasteiger partial charge on any atom is -0.487 e. The van der Waals surface area contributed by atoms with Crippen LogP contribution in [0.3, 0.4) is 0 Å². The second kappa shape index (κ2) is 10.8. The van der Waals surface area contributed by atoms with Gasteiger partial charge in [-0.05, 0) is 61.4 Å². The number of aryl methyl sites for hydroxylation is 1. The lowest BCUT2D eigenvalue weighted by molar-refractivity contribution is -0.139. The Morgan fingerprint density at radius 2 is 1.66 bits per heavy atom. The van der Waals surface area contributed by atoms with Crippen molar-refractivity contribution in [2.75, 3.05) is 20.3 Å². The molecule has 1 N–H and O–H groups in total. The minimum absolute atomic E-state index is 0.0260. The lowest BCUT2D eigenvalue weighted by Crippen LogP contribution is -2.48. The molecule has 4 rings (SSSR count). The maximum absolute atomic E-state index is 13.1. The fourth-order valence-corrected chi connectivity index (χ4v) is 3.87. The van der Waals surface area contributed by atoms with Crippen LogP contribution in [0.25, 0.3) is 0 Å². The molecule has 180 valence electrons. The van der Waals surface area contributed by atoms with E-state index in [2.05, 4.69) is 5.32 Å². The summed E-state index contributed by atoms with van der Waals surface area (Å²) in [5.74, 6) is 1.41. The Kier molecular flexibility index (Phi) is 7.35. The number of hydrogen-bond acceptors (Lipinski definition) is 5. The Morgan fingerprint density at radius 3 is 2.40 bits per heavy atom. The first-order valence-electron chi connectivity index (χ1n) is 11.4. The zero-order chi connectivity index (χ0) is 24.8. The van der Waals surface area contributed by atoms with E-state index in [1.165, 1.54) is 4.90 Å². The number of likely N-dealkylation sites (N-methyl/N-ethyl adjacent to an activating group) is 1. The first-order chi connectivity index (χ1) is 17.0. The quantitative estimate of drug-likeness (QED) is 0.446. The van der Waals surface area contributed by atoms with E-state index < -0.39 is 12.0 Å². The Hall–Kier alpha value is -4.26. The minimum atomic E-state index is -0.729. The molecule has 0 aromatic heterocycles. The van der Waals surface area contributed by atoms with Gasteiger partial charge in [-0.25, -0.2) is 9.59 Å². The zero-order valence-electron chi connectivity index (χ0n) is 20.0. The summed E-state index contributed by atoms with van der Waals surface area (Å²) < 4.78 is 17.3. The Bertz CT molecular complexity index is 1240. The Labute approximate surface area is 204 Å². The third-order valence-electron chi connectivity index (χ3n) is 5.61. The maximum Gasteiger partial charge on any atom is 0.338 e. The number of amides is 2. The molecule has 2 amide bonds. The van der Waals surface area contributed by atoms with Gasteiger partial charge >= 0.3 is 12.0 Å². The summed E-state index contributed by atoms with van der Waals surface area (Å²) in [6.45, 7) is 3.95. The van der Waals surface area contributed by atoms with Crippen molar-refractivity contribution < 1.29 is 23.8 Å². The SMILES string of the molecule is CCOC(=O)C1=C(COc2cccc(C)c2)N(C)C(=O)N[C@@H]1c1cccc(Oc2ccccc2)c1. The molecule has 35 heavy (non-hydrogen) atoms. The van der Waals surface area contributed by atoms with Crippen LogP contribution < -0.4 is 14.8 Å². The molecule has 0 aliphatic carbocycles. The van der Waals surface area contributed by atoms with Gasteiger partial charge in [0.15, 0.2) is 0 Å². The highest BCUT2D eigenvalue weighted by Crippen LogP contribution is 2.33. The smallest absolute Gasteiger partial charge is 0.338 e. The fourth-order valence-electron chi connectivity index (χ4n) is 3.87. The molecule has 1 aliphatic rings. The summed E-state index contributed by atoms with van der Waals surface area (Å²) in [5, 5.41) is 2.92. The van der Waals surface area contributed by atoms with Gasteiger partial charge in [0.25, 0.3) is 0 Å². The van der Waals surface area contributed by atoms with E-state index >= 15 is 0 Å². The number of hydrogen-bond donors (Lipinski definition) is 1. The van der Waals surface area contributed by atoms with Crippen LogP contribution in [0.15, 0.2) is 90.1 Å². The highest BCUT2D eigenvalue weighted by molar-refractivity contribution is 5.95. The van der Waals surface area contributed by atoms with Crippen molar-refractivity contribution in [3.8, 4) is 17.2 Å². The fraction of sp³-hybridized carbons (Fsp3) is 0.214. The van der Waals surface area contributed by atoms with Crippen LogP contribution in [0.4, 0.5) is 4.79 Å². The van der Waals surface area contributed by atoms with Gasteiger partial charge in [-0.3, -0.25) is 4.90 Å². The summed E-state index contributed by atoms with van der Waals surface area (Å²) >= 11 is 0. The molecule has 3 aromatic carbocycles. The summed E-state index contributed by atoms with van der Waals surface area (Å²) in [4.78, 5) is 27.4. The number of esters is 1. The first kappa shape index (κ1) is 23.9. The first-order valence-corrected chi connectivity index (χ1v) is 11.4. The van der Waals surface area contributed by atoms with Gasteiger partial charge in [-0.2, -0.15) is 0 Å². The van der Waals surface area contributed by atoms with E-state index in [9.17, 15) is 9.59 Å². The maximum atomic E-state index is 13.1. The van der Waals surface area contributed by atoms with Crippen LogP contribution in [0, 0.1) is 6.92 Å². The van der Waals surface area contributed by atoms with Gasteiger partial charge in [0.2, 0.25) is 0 Å². The second-order valence-electron chi connectivity index (χ2n) is 8.12. The van der Waals surface area contributed by atoms with Crippen LogP contribution in [0.1, 0.15) is 24.1 Å². The lowest BCUT2D eigenvalue weighted by Gasteiger charge is -2.34. The number of benzene rings is 3. The highest BCUT2D eigenvalue weighted by Gasteiger charge is 2.37. The number of ether oxygens (including phenoxy) is 3. The molecule has 0 unspecified atom stereocenters.